The first-order valence-corrected chi connectivity index (χ1v) is 5.62. The Morgan fingerprint density at radius 3 is 2.38 bits per heavy atom. The molecule has 0 saturated heterocycles. The van der Waals surface area contributed by atoms with Crippen molar-refractivity contribution in [3.63, 3.8) is 0 Å². The minimum atomic E-state index is -0.305. The Morgan fingerprint density at radius 1 is 1.38 bits per heavy atom. The SMILES string of the molecule is CC(N)CCC(=O)NCC(C)CC(C)O.Cl. The van der Waals surface area contributed by atoms with Gasteiger partial charge < -0.3 is 16.2 Å². The molecule has 0 aliphatic heterocycles. The second kappa shape index (κ2) is 9.87. The van der Waals surface area contributed by atoms with Crippen molar-refractivity contribution in [3.05, 3.63) is 0 Å². The number of hydrogen-bond donors (Lipinski definition) is 3. The van der Waals surface area contributed by atoms with Crippen LogP contribution in [0, 0.1) is 5.92 Å². The average molecular weight is 253 g/mol. The number of halogens is 1. The van der Waals surface area contributed by atoms with E-state index in [0.29, 0.717) is 25.3 Å². The summed E-state index contributed by atoms with van der Waals surface area (Å²) in [5.74, 6) is 0.356. The molecule has 0 bridgehead atoms. The molecule has 0 heterocycles. The van der Waals surface area contributed by atoms with Crippen LogP contribution in [0.15, 0.2) is 0 Å². The van der Waals surface area contributed by atoms with Crippen molar-refractivity contribution < 1.29 is 9.90 Å². The fourth-order valence-electron chi connectivity index (χ4n) is 1.40. The first-order valence-electron chi connectivity index (χ1n) is 5.62. The molecular weight excluding hydrogens is 228 g/mol. The van der Waals surface area contributed by atoms with E-state index < -0.39 is 0 Å². The molecule has 0 fully saturated rings. The summed E-state index contributed by atoms with van der Waals surface area (Å²) >= 11 is 0. The Bertz CT molecular complexity index is 187. The van der Waals surface area contributed by atoms with Gasteiger partial charge in [-0.3, -0.25) is 4.79 Å². The fourth-order valence-corrected chi connectivity index (χ4v) is 1.40. The van der Waals surface area contributed by atoms with E-state index >= 15 is 0 Å². The molecule has 3 unspecified atom stereocenters. The van der Waals surface area contributed by atoms with Crippen molar-refractivity contribution >= 4 is 18.3 Å². The van der Waals surface area contributed by atoms with Gasteiger partial charge in [0.15, 0.2) is 0 Å². The van der Waals surface area contributed by atoms with Crippen LogP contribution < -0.4 is 11.1 Å². The third-order valence-corrected chi connectivity index (χ3v) is 2.22. The van der Waals surface area contributed by atoms with Crippen molar-refractivity contribution in [1.29, 1.82) is 0 Å². The van der Waals surface area contributed by atoms with Crippen molar-refractivity contribution in [2.75, 3.05) is 6.54 Å². The predicted molar refractivity (Wildman–Crippen MR) is 68.6 cm³/mol. The van der Waals surface area contributed by atoms with Crippen molar-refractivity contribution in [3.8, 4) is 0 Å². The van der Waals surface area contributed by atoms with E-state index in [1.807, 2.05) is 13.8 Å². The highest BCUT2D eigenvalue weighted by atomic mass is 35.5. The summed E-state index contributed by atoms with van der Waals surface area (Å²) in [7, 11) is 0. The molecule has 16 heavy (non-hydrogen) atoms. The zero-order valence-electron chi connectivity index (χ0n) is 10.4. The summed E-state index contributed by atoms with van der Waals surface area (Å²) in [6.45, 7) is 6.29. The normalized spacial score (nSPS) is 15.8. The monoisotopic (exact) mass is 252 g/mol. The molecule has 98 valence electrons. The lowest BCUT2D eigenvalue weighted by Crippen LogP contribution is -2.30. The van der Waals surface area contributed by atoms with Gasteiger partial charge in [-0.25, -0.2) is 0 Å². The van der Waals surface area contributed by atoms with Crippen LogP contribution in [0.3, 0.4) is 0 Å². The maximum Gasteiger partial charge on any atom is 0.220 e. The van der Waals surface area contributed by atoms with Crippen molar-refractivity contribution in [2.24, 2.45) is 11.7 Å². The zero-order chi connectivity index (χ0) is 11.8. The maximum atomic E-state index is 11.3. The summed E-state index contributed by atoms with van der Waals surface area (Å²) in [6, 6.07) is 0.0747. The zero-order valence-corrected chi connectivity index (χ0v) is 11.2. The molecule has 0 aliphatic carbocycles. The molecule has 5 heteroatoms. The first kappa shape index (κ1) is 18.1. The van der Waals surface area contributed by atoms with Gasteiger partial charge in [0.25, 0.3) is 0 Å². The van der Waals surface area contributed by atoms with Crippen molar-refractivity contribution in [1.82, 2.24) is 5.32 Å². The number of aliphatic hydroxyl groups is 1. The molecule has 0 aromatic carbocycles. The van der Waals surface area contributed by atoms with Gasteiger partial charge in [-0.2, -0.15) is 0 Å². The van der Waals surface area contributed by atoms with Gasteiger partial charge in [-0.15, -0.1) is 12.4 Å². The molecule has 0 rings (SSSR count). The van der Waals surface area contributed by atoms with Crippen LogP contribution in [0.5, 0.6) is 0 Å². The van der Waals surface area contributed by atoms with E-state index in [9.17, 15) is 4.79 Å². The van der Waals surface area contributed by atoms with Gasteiger partial charge in [-0.1, -0.05) is 6.92 Å². The largest absolute Gasteiger partial charge is 0.393 e. The minimum absolute atomic E-state index is 0. The molecule has 0 radical (unpaired) electrons. The van der Waals surface area contributed by atoms with Crippen LogP contribution >= 0.6 is 12.4 Å². The van der Waals surface area contributed by atoms with Gasteiger partial charge in [0, 0.05) is 19.0 Å². The standard InChI is InChI=1S/C11H24N2O2.ClH/c1-8(6-10(3)14)7-13-11(15)5-4-9(2)12;/h8-10,14H,4-7,12H2,1-3H3,(H,13,15);1H. The van der Waals surface area contributed by atoms with E-state index in [2.05, 4.69) is 5.32 Å². The van der Waals surface area contributed by atoms with Crippen LogP contribution in [0.4, 0.5) is 0 Å². The number of hydrogen-bond acceptors (Lipinski definition) is 3. The van der Waals surface area contributed by atoms with E-state index in [1.165, 1.54) is 0 Å². The fraction of sp³-hybridized carbons (Fsp3) is 0.909. The Balaban J connectivity index is 0. The Hall–Kier alpha value is -0.320. The van der Waals surface area contributed by atoms with Crippen LogP contribution in [0.25, 0.3) is 0 Å². The lowest BCUT2D eigenvalue weighted by Gasteiger charge is -2.14. The Morgan fingerprint density at radius 2 is 1.94 bits per heavy atom. The van der Waals surface area contributed by atoms with Gasteiger partial charge in [0.2, 0.25) is 5.91 Å². The summed E-state index contributed by atoms with van der Waals surface area (Å²) in [6.07, 6.45) is 1.62. The third-order valence-electron chi connectivity index (χ3n) is 2.22. The first-order chi connectivity index (χ1) is 6.91. The van der Waals surface area contributed by atoms with Gasteiger partial charge >= 0.3 is 0 Å². The van der Waals surface area contributed by atoms with E-state index in [4.69, 9.17) is 10.8 Å². The van der Waals surface area contributed by atoms with E-state index in [-0.39, 0.29) is 30.5 Å². The number of carbonyl (C=O) groups excluding carboxylic acids is 1. The predicted octanol–water partition coefficient (Wildman–Crippen LogP) is 1.06. The molecule has 0 aromatic rings. The molecule has 0 aliphatic rings. The van der Waals surface area contributed by atoms with Crippen LogP contribution in [-0.2, 0) is 4.79 Å². The van der Waals surface area contributed by atoms with Crippen LogP contribution in [-0.4, -0.2) is 29.7 Å². The average Bonchev–Trinajstić information content (AvgIpc) is 2.10. The maximum absolute atomic E-state index is 11.3. The second-order valence-corrected chi connectivity index (χ2v) is 4.51. The molecule has 0 aromatic heterocycles. The Labute approximate surface area is 104 Å². The number of nitrogens with two attached hydrogens (primary N) is 1. The highest BCUT2D eigenvalue weighted by Gasteiger charge is 2.08. The van der Waals surface area contributed by atoms with Crippen LogP contribution in [0.2, 0.25) is 0 Å². The summed E-state index contributed by atoms with van der Waals surface area (Å²) < 4.78 is 0. The van der Waals surface area contributed by atoms with Gasteiger partial charge in [0.1, 0.15) is 0 Å². The molecule has 1 amide bonds. The van der Waals surface area contributed by atoms with E-state index in [1.54, 1.807) is 6.92 Å². The smallest absolute Gasteiger partial charge is 0.220 e. The molecule has 4 nitrogen and oxygen atoms in total. The number of rotatable bonds is 7. The molecule has 4 N–H and O–H groups in total. The lowest BCUT2D eigenvalue weighted by molar-refractivity contribution is -0.121. The molecule has 0 saturated carbocycles. The topological polar surface area (TPSA) is 75.4 Å². The minimum Gasteiger partial charge on any atom is -0.393 e. The van der Waals surface area contributed by atoms with Crippen molar-refractivity contribution in [2.45, 2.75) is 52.2 Å². The Kier molecular flexibility index (Phi) is 11.1. The quantitative estimate of drug-likeness (QED) is 0.634. The second-order valence-electron chi connectivity index (χ2n) is 4.51. The highest BCUT2D eigenvalue weighted by molar-refractivity contribution is 5.85. The van der Waals surface area contributed by atoms with Crippen LogP contribution in [0.1, 0.15) is 40.0 Å². The summed E-state index contributed by atoms with van der Waals surface area (Å²) in [4.78, 5) is 11.3. The summed E-state index contributed by atoms with van der Waals surface area (Å²) in [5, 5.41) is 12.0. The third kappa shape index (κ3) is 11.8. The lowest BCUT2D eigenvalue weighted by atomic mass is 10.0. The van der Waals surface area contributed by atoms with Gasteiger partial charge in [0.05, 0.1) is 6.10 Å². The molecular formula is C11H25ClN2O2. The number of nitrogens with one attached hydrogen (secondary N) is 1. The number of carbonyl (C=O) groups is 1. The number of amides is 1. The summed E-state index contributed by atoms with van der Waals surface area (Å²) in [5.41, 5.74) is 5.55. The molecule has 0 spiro atoms. The molecule has 3 atom stereocenters. The number of aliphatic hydroxyl groups excluding tert-OH is 1. The van der Waals surface area contributed by atoms with E-state index in [0.717, 1.165) is 6.42 Å². The van der Waals surface area contributed by atoms with Gasteiger partial charge in [-0.05, 0) is 32.6 Å². The highest BCUT2D eigenvalue weighted by Crippen LogP contribution is 2.04.